The Morgan fingerprint density at radius 2 is 1.61 bits per heavy atom. The minimum Gasteiger partial charge on any atom is -0.507 e. The Bertz CT molecular complexity index is 1470. The molecule has 2 fully saturated rings. The molecule has 222 valence electrons. The van der Waals surface area contributed by atoms with Crippen LogP contribution in [0.5, 0.6) is 23.0 Å². The van der Waals surface area contributed by atoms with Gasteiger partial charge >= 0.3 is 0 Å². The number of phenolic OH excluding ortho intramolecular Hbond substituents is 3. The summed E-state index contributed by atoms with van der Waals surface area (Å²) in [5, 5.41) is 91.2. The molecule has 0 bridgehead atoms. The topological polar surface area (TPSA) is 240 Å². The van der Waals surface area contributed by atoms with Crippen molar-refractivity contribution in [1.82, 2.24) is 0 Å². The molecule has 41 heavy (non-hydrogen) atoms. The lowest BCUT2D eigenvalue weighted by molar-refractivity contribution is -0.277. The van der Waals surface area contributed by atoms with Crippen LogP contribution in [0.1, 0.15) is 25.0 Å². The van der Waals surface area contributed by atoms with Crippen LogP contribution in [-0.2, 0) is 9.47 Å². The van der Waals surface area contributed by atoms with Crippen molar-refractivity contribution in [2.75, 3.05) is 6.61 Å². The summed E-state index contributed by atoms with van der Waals surface area (Å²) < 4.78 is 22.5. The maximum absolute atomic E-state index is 13.1. The maximum atomic E-state index is 13.1. The van der Waals surface area contributed by atoms with Gasteiger partial charge in [0.1, 0.15) is 53.2 Å². The molecule has 2 aliphatic rings. The maximum Gasteiger partial charge on any atom is 0.229 e. The molecule has 0 aliphatic carbocycles. The zero-order valence-electron chi connectivity index (χ0n) is 21.6. The fraction of sp³-hybridized carbons (Fsp3) is 0.444. The summed E-state index contributed by atoms with van der Waals surface area (Å²) in [4.78, 5) is 13.1. The van der Waals surface area contributed by atoms with E-state index in [9.17, 15) is 50.8 Å². The van der Waals surface area contributed by atoms with Crippen LogP contribution in [0.4, 0.5) is 0 Å². The number of hydrogen-bond acceptors (Lipinski definition) is 14. The van der Waals surface area contributed by atoms with Crippen molar-refractivity contribution in [3.05, 3.63) is 46.1 Å². The number of aromatic hydroxyl groups is 3. The summed E-state index contributed by atoms with van der Waals surface area (Å²) in [7, 11) is 0. The van der Waals surface area contributed by atoms with Gasteiger partial charge in [-0.25, -0.2) is 0 Å². The standard InChI is InChI=1S/C27H30O14/c1-9-22(34)15(33)7-18(38-9)21-13(31)5-12(30)20-14(32)6-17(39-26(20)21)10-2-3-16(11(29)4-10)40-27-25(37)24(36)23(35)19(8-28)41-27/h2-6,9,15,18-19,22-25,27-31,33-37H,7-8H2,1H3/t9-,15+,18-,19-,22-,23-,24+,25-,27-/m1/s1. The molecule has 9 atom stereocenters. The molecule has 14 heteroatoms. The summed E-state index contributed by atoms with van der Waals surface area (Å²) in [6.07, 6.45) is -12.1. The highest BCUT2D eigenvalue weighted by atomic mass is 16.7. The van der Waals surface area contributed by atoms with Crippen LogP contribution in [0, 0.1) is 0 Å². The van der Waals surface area contributed by atoms with E-state index >= 15 is 0 Å². The van der Waals surface area contributed by atoms with E-state index in [1.807, 2.05) is 0 Å². The Kier molecular flexibility index (Phi) is 7.84. The number of aliphatic hydroxyl groups excluding tert-OH is 6. The summed E-state index contributed by atoms with van der Waals surface area (Å²) in [6.45, 7) is 0.853. The SMILES string of the molecule is C[C@H]1O[C@@H](c2c(O)cc(O)c3c(=O)cc(-c4ccc(O[C@@H]5O[C@H](CO)[C@@H](O)[C@H](O)[C@H]5O)c(O)c4)oc23)C[C@H](O)[C@@H]1O. The average molecular weight is 579 g/mol. The fourth-order valence-corrected chi connectivity index (χ4v) is 5.09. The third kappa shape index (κ3) is 5.20. The highest BCUT2D eigenvalue weighted by molar-refractivity contribution is 5.89. The lowest BCUT2D eigenvalue weighted by atomic mass is 9.92. The van der Waals surface area contributed by atoms with Crippen molar-refractivity contribution in [2.45, 2.75) is 68.5 Å². The van der Waals surface area contributed by atoms with E-state index in [2.05, 4.69) is 0 Å². The number of aliphatic hydroxyl groups is 6. The third-order valence-electron chi connectivity index (χ3n) is 7.36. The van der Waals surface area contributed by atoms with Gasteiger partial charge in [0.25, 0.3) is 0 Å². The van der Waals surface area contributed by atoms with Gasteiger partial charge in [0.2, 0.25) is 6.29 Å². The van der Waals surface area contributed by atoms with Crippen molar-refractivity contribution in [3.8, 4) is 34.3 Å². The molecule has 14 nitrogen and oxygen atoms in total. The molecule has 3 heterocycles. The zero-order valence-corrected chi connectivity index (χ0v) is 21.6. The second-order valence-electron chi connectivity index (χ2n) is 10.1. The predicted octanol–water partition coefficient (Wildman–Crippen LogP) is -0.673. The fourth-order valence-electron chi connectivity index (χ4n) is 5.09. The molecule has 0 saturated carbocycles. The normalized spacial score (nSPS) is 32.2. The van der Waals surface area contributed by atoms with Crippen LogP contribution in [0.15, 0.2) is 39.5 Å². The Labute approximate surface area is 231 Å². The zero-order chi connectivity index (χ0) is 29.7. The Hall–Kier alpha value is -3.47. The molecule has 2 aliphatic heterocycles. The number of benzene rings is 2. The summed E-state index contributed by atoms with van der Waals surface area (Å²) in [6, 6.07) is 5.80. The molecule has 0 radical (unpaired) electrons. The van der Waals surface area contributed by atoms with Crippen molar-refractivity contribution in [3.63, 3.8) is 0 Å². The van der Waals surface area contributed by atoms with Crippen LogP contribution < -0.4 is 10.2 Å². The van der Waals surface area contributed by atoms with E-state index in [0.717, 1.165) is 18.2 Å². The van der Waals surface area contributed by atoms with Crippen molar-refractivity contribution in [2.24, 2.45) is 0 Å². The molecule has 2 saturated heterocycles. The largest absolute Gasteiger partial charge is 0.507 e. The Balaban J connectivity index is 1.51. The first-order valence-corrected chi connectivity index (χ1v) is 12.8. The lowest BCUT2D eigenvalue weighted by Gasteiger charge is -2.39. The van der Waals surface area contributed by atoms with E-state index in [1.54, 1.807) is 0 Å². The van der Waals surface area contributed by atoms with Gasteiger partial charge in [-0.1, -0.05) is 0 Å². The van der Waals surface area contributed by atoms with Gasteiger partial charge in [0, 0.05) is 24.1 Å². The van der Waals surface area contributed by atoms with E-state index in [0.29, 0.717) is 0 Å². The van der Waals surface area contributed by atoms with Crippen LogP contribution in [0.25, 0.3) is 22.3 Å². The van der Waals surface area contributed by atoms with E-state index < -0.39 is 84.4 Å². The molecule has 2 aromatic carbocycles. The number of rotatable bonds is 5. The molecular weight excluding hydrogens is 548 g/mol. The van der Waals surface area contributed by atoms with Crippen molar-refractivity contribution < 1.29 is 64.6 Å². The molecule has 3 aromatic rings. The lowest BCUT2D eigenvalue weighted by Crippen LogP contribution is -2.60. The minimum atomic E-state index is -1.71. The first kappa shape index (κ1) is 29.0. The second kappa shape index (κ2) is 11.1. The van der Waals surface area contributed by atoms with Gasteiger partial charge < -0.3 is 64.6 Å². The number of phenols is 3. The highest BCUT2D eigenvalue weighted by Crippen LogP contribution is 2.44. The van der Waals surface area contributed by atoms with Gasteiger partial charge in [0.15, 0.2) is 22.5 Å². The van der Waals surface area contributed by atoms with Gasteiger partial charge in [-0.3, -0.25) is 4.79 Å². The first-order valence-electron chi connectivity index (χ1n) is 12.8. The Morgan fingerprint density at radius 3 is 2.27 bits per heavy atom. The minimum absolute atomic E-state index is 0.0265. The second-order valence-corrected chi connectivity index (χ2v) is 10.1. The summed E-state index contributed by atoms with van der Waals surface area (Å²) >= 11 is 0. The summed E-state index contributed by atoms with van der Waals surface area (Å²) in [5.41, 5.74) is -0.788. The smallest absolute Gasteiger partial charge is 0.229 e. The van der Waals surface area contributed by atoms with Crippen LogP contribution in [0.3, 0.4) is 0 Å². The van der Waals surface area contributed by atoms with Crippen LogP contribution in [0.2, 0.25) is 0 Å². The monoisotopic (exact) mass is 578 g/mol. The van der Waals surface area contributed by atoms with Crippen LogP contribution >= 0.6 is 0 Å². The molecule has 0 amide bonds. The van der Waals surface area contributed by atoms with Gasteiger partial charge in [0.05, 0.1) is 30.5 Å². The summed E-state index contributed by atoms with van der Waals surface area (Å²) in [5.74, 6) is -1.83. The van der Waals surface area contributed by atoms with E-state index in [-0.39, 0.29) is 40.0 Å². The highest BCUT2D eigenvalue weighted by Gasteiger charge is 2.45. The molecule has 0 unspecified atom stereocenters. The quantitative estimate of drug-likeness (QED) is 0.182. The van der Waals surface area contributed by atoms with Crippen molar-refractivity contribution in [1.29, 1.82) is 0 Å². The average Bonchev–Trinajstić information content (AvgIpc) is 2.92. The number of hydrogen-bond donors (Lipinski definition) is 9. The number of ether oxygens (including phenoxy) is 3. The third-order valence-corrected chi connectivity index (χ3v) is 7.36. The first-order chi connectivity index (χ1) is 19.4. The van der Waals surface area contributed by atoms with Gasteiger partial charge in [-0.2, -0.15) is 0 Å². The van der Waals surface area contributed by atoms with Crippen LogP contribution in [-0.4, -0.2) is 102 Å². The molecular formula is C27H30O14. The molecule has 9 N–H and O–H groups in total. The van der Waals surface area contributed by atoms with Crippen molar-refractivity contribution >= 4 is 11.0 Å². The number of fused-ring (bicyclic) bond motifs is 1. The predicted molar refractivity (Wildman–Crippen MR) is 137 cm³/mol. The Morgan fingerprint density at radius 1 is 0.878 bits per heavy atom. The molecule has 0 spiro atoms. The molecule has 1 aromatic heterocycles. The molecule has 5 rings (SSSR count). The van der Waals surface area contributed by atoms with E-state index in [1.165, 1.54) is 19.1 Å². The van der Waals surface area contributed by atoms with Gasteiger partial charge in [-0.05, 0) is 25.1 Å². The van der Waals surface area contributed by atoms with E-state index in [4.69, 9.17) is 18.6 Å². The van der Waals surface area contributed by atoms with Gasteiger partial charge in [-0.15, -0.1) is 0 Å².